The Balaban J connectivity index is 1.38. The minimum Gasteiger partial charge on any atom is -0.426 e. The molecule has 0 radical (unpaired) electrons. The monoisotopic (exact) mass is 366 g/mol. The summed E-state index contributed by atoms with van der Waals surface area (Å²) in [6, 6.07) is 12.6. The first kappa shape index (κ1) is 17.3. The molecule has 1 aromatic carbocycles. The van der Waals surface area contributed by atoms with Crippen LogP contribution in [0.2, 0.25) is 0 Å². The van der Waals surface area contributed by atoms with Crippen LogP contribution >= 0.6 is 0 Å². The first-order chi connectivity index (χ1) is 13.1. The highest BCUT2D eigenvalue weighted by molar-refractivity contribution is 5.91. The van der Waals surface area contributed by atoms with Gasteiger partial charge in [0.15, 0.2) is 11.6 Å². The average Bonchev–Trinajstić information content (AvgIpc) is 3.29. The number of furan rings is 1. The average molecular weight is 366 g/mol. The molecule has 1 N–H and O–H groups in total. The Morgan fingerprint density at radius 2 is 2.07 bits per heavy atom. The van der Waals surface area contributed by atoms with Gasteiger partial charge in [0.1, 0.15) is 11.6 Å². The molecule has 1 atom stereocenters. The van der Waals surface area contributed by atoms with Crippen molar-refractivity contribution in [3.63, 3.8) is 0 Å². The molecule has 0 bridgehead atoms. The van der Waals surface area contributed by atoms with Gasteiger partial charge in [0.05, 0.1) is 6.54 Å². The number of fused-ring (bicyclic) bond motifs is 1. The highest BCUT2D eigenvalue weighted by atomic mass is 16.6. The third-order valence-electron chi connectivity index (χ3n) is 4.49. The molecule has 140 valence electrons. The molecule has 2 aromatic heterocycles. The van der Waals surface area contributed by atoms with E-state index in [9.17, 15) is 4.79 Å². The molecule has 7 heteroatoms. The molecule has 0 spiro atoms. The van der Waals surface area contributed by atoms with E-state index in [1.54, 1.807) is 12.1 Å². The van der Waals surface area contributed by atoms with Crippen molar-refractivity contribution in [1.29, 1.82) is 0 Å². The zero-order chi connectivity index (χ0) is 18.8. The van der Waals surface area contributed by atoms with Gasteiger partial charge in [-0.3, -0.25) is 4.79 Å². The van der Waals surface area contributed by atoms with Crippen molar-refractivity contribution in [1.82, 2.24) is 20.1 Å². The van der Waals surface area contributed by atoms with Gasteiger partial charge in [-0.1, -0.05) is 32.0 Å². The number of nitrogens with one attached hydrogen (secondary N) is 1. The van der Waals surface area contributed by atoms with Crippen LogP contribution in [0.4, 0.5) is 0 Å². The Labute approximate surface area is 157 Å². The molecule has 0 saturated heterocycles. The largest absolute Gasteiger partial charge is 0.426 e. The number of rotatable bonds is 5. The predicted octanol–water partition coefficient (Wildman–Crippen LogP) is 3.53. The summed E-state index contributed by atoms with van der Waals surface area (Å²) in [4.78, 5) is 17.1. The lowest BCUT2D eigenvalue weighted by Crippen LogP contribution is -2.41. The fourth-order valence-electron chi connectivity index (χ4n) is 3.05. The van der Waals surface area contributed by atoms with Crippen molar-refractivity contribution in [3.8, 4) is 11.7 Å². The van der Waals surface area contributed by atoms with Crippen molar-refractivity contribution in [2.75, 3.05) is 0 Å². The van der Waals surface area contributed by atoms with Crippen LogP contribution in [-0.2, 0) is 13.0 Å². The maximum atomic E-state index is 12.5. The zero-order valence-corrected chi connectivity index (χ0v) is 15.4. The number of nitrogens with zero attached hydrogens (tertiary/aromatic N) is 3. The minimum absolute atomic E-state index is 0.00435. The standard InChI is InChI=1S/C20H22N4O3/c1-13(2)19-22-17-10-8-14(12-24(17)23-19)21-20(25)16-9-11-18(27-16)26-15-6-4-3-5-7-15/h3-7,9,11,13-14H,8,10,12H2,1-2H3,(H,21,25). The summed E-state index contributed by atoms with van der Waals surface area (Å²) in [6.45, 7) is 4.77. The Kier molecular flexibility index (Phi) is 4.66. The van der Waals surface area contributed by atoms with Crippen LogP contribution < -0.4 is 10.1 Å². The molecule has 4 rings (SSSR count). The van der Waals surface area contributed by atoms with Gasteiger partial charge in [-0.2, -0.15) is 5.10 Å². The predicted molar refractivity (Wildman–Crippen MR) is 98.9 cm³/mol. The number of para-hydroxylation sites is 1. The molecule has 1 unspecified atom stereocenters. The van der Waals surface area contributed by atoms with Crippen LogP contribution in [0.5, 0.6) is 11.7 Å². The van der Waals surface area contributed by atoms with E-state index >= 15 is 0 Å². The van der Waals surface area contributed by atoms with E-state index in [4.69, 9.17) is 9.15 Å². The van der Waals surface area contributed by atoms with Crippen molar-refractivity contribution >= 4 is 5.91 Å². The molecule has 0 aliphatic carbocycles. The fraction of sp³-hybridized carbons (Fsp3) is 0.350. The SMILES string of the molecule is CC(C)c1nc2n(n1)CC(NC(=O)c1ccc(Oc3ccccc3)o1)CC2. The van der Waals surface area contributed by atoms with E-state index in [-0.39, 0.29) is 23.7 Å². The first-order valence-electron chi connectivity index (χ1n) is 9.15. The van der Waals surface area contributed by atoms with Crippen LogP contribution in [0.3, 0.4) is 0 Å². The van der Waals surface area contributed by atoms with Gasteiger partial charge >= 0.3 is 0 Å². The third kappa shape index (κ3) is 3.86. The van der Waals surface area contributed by atoms with E-state index in [0.29, 0.717) is 18.2 Å². The molecule has 3 aromatic rings. The Hall–Kier alpha value is -3.09. The highest BCUT2D eigenvalue weighted by Gasteiger charge is 2.25. The van der Waals surface area contributed by atoms with Crippen molar-refractivity contribution in [2.45, 2.75) is 45.2 Å². The molecule has 0 saturated carbocycles. The third-order valence-corrected chi connectivity index (χ3v) is 4.49. The maximum Gasteiger partial charge on any atom is 0.290 e. The van der Waals surface area contributed by atoms with E-state index in [0.717, 1.165) is 24.5 Å². The Morgan fingerprint density at radius 3 is 2.85 bits per heavy atom. The van der Waals surface area contributed by atoms with Crippen molar-refractivity contribution in [2.24, 2.45) is 0 Å². The summed E-state index contributed by atoms with van der Waals surface area (Å²) in [5.74, 6) is 3.05. The number of aryl methyl sites for hydroxylation is 1. The van der Waals surface area contributed by atoms with Crippen LogP contribution in [0.25, 0.3) is 0 Å². The Bertz CT molecular complexity index is 930. The maximum absolute atomic E-state index is 12.5. The summed E-state index contributed by atoms with van der Waals surface area (Å²) in [6.07, 6.45) is 1.63. The van der Waals surface area contributed by atoms with Crippen LogP contribution in [0, 0.1) is 0 Å². The van der Waals surface area contributed by atoms with E-state index in [2.05, 4.69) is 29.2 Å². The van der Waals surface area contributed by atoms with Crippen LogP contribution in [0.15, 0.2) is 46.9 Å². The summed E-state index contributed by atoms with van der Waals surface area (Å²) in [5, 5.41) is 7.56. The number of benzene rings is 1. The lowest BCUT2D eigenvalue weighted by molar-refractivity contribution is 0.0893. The first-order valence-corrected chi connectivity index (χ1v) is 9.15. The van der Waals surface area contributed by atoms with E-state index in [1.807, 2.05) is 35.0 Å². The van der Waals surface area contributed by atoms with Crippen LogP contribution in [0.1, 0.15) is 48.4 Å². The van der Waals surface area contributed by atoms with Gasteiger partial charge < -0.3 is 14.5 Å². The molecule has 7 nitrogen and oxygen atoms in total. The number of hydrogen-bond acceptors (Lipinski definition) is 5. The summed E-state index contributed by atoms with van der Waals surface area (Å²) in [7, 11) is 0. The number of aromatic nitrogens is 3. The van der Waals surface area contributed by atoms with Crippen molar-refractivity contribution < 1.29 is 13.9 Å². The number of ether oxygens (including phenoxy) is 1. The zero-order valence-electron chi connectivity index (χ0n) is 15.4. The second-order valence-corrected chi connectivity index (χ2v) is 6.97. The van der Waals surface area contributed by atoms with Gasteiger partial charge in [0.2, 0.25) is 0 Å². The van der Waals surface area contributed by atoms with Gasteiger partial charge in [-0.25, -0.2) is 9.67 Å². The second kappa shape index (κ2) is 7.26. The summed E-state index contributed by atoms with van der Waals surface area (Å²) >= 11 is 0. The second-order valence-electron chi connectivity index (χ2n) is 6.97. The lowest BCUT2D eigenvalue weighted by Gasteiger charge is -2.23. The minimum atomic E-state index is -0.254. The van der Waals surface area contributed by atoms with Crippen molar-refractivity contribution in [3.05, 3.63) is 59.9 Å². The molecule has 27 heavy (non-hydrogen) atoms. The number of carbonyl (C=O) groups excluding carboxylic acids is 1. The van der Waals surface area contributed by atoms with Gasteiger partial charge in [0, 0.05) is 24.4 Å². The molecule has 3 heterocycles. The highest BCUT2D eigenvalue weighted by Crippen LogP contribution is 2.24. The number of carbonyl (C=O) groups is 1. The summed E-state index contributed by atoms with van der Waals surface area (Å²) < 4.78 is 13.0. The molecular formula is C20H22N4O3. The number of amides is 1. The Morgan fingerprint density at radius 1 is 1.26 bits per heavy atom. The normalized spacial score (nSPS) is 16.2. The number of hydrogen-bond donors (Lipinski definition) is 1. The molecule has 1 aliphatic heterocycles. The van der Waals surface area contributed by atoms with Gasteiger partial charge in [-0.15, -0.1) is 0 Å². The van der Waals surface area contributed by atoms with Crippen LogP contribution in [-0.4, -0.2) is 26.7 Å². The van der Waals surface area contributed by atoms with Gasteiger partial charge in [-0.05, 0) is 24.6 Å². The molecule has 1 aliphatic rings. The fourth-order valence-corrected chi connectivity index (χ4v) is 3.05. The lowest BCUT2D eigenvalue weighted by atomic mass is 10.1. The molecule has 0 fully saturated rings. The summed E-state index contributed by atoms with van der Waals surface area (Å²) in [5.41, 5.74) is 0. The molecular weight excluding hydrogens is 344 g/mol. The van der Waals surface area contributed by atoms with E-state index < -0.39 is 0 Å². The quantitative estimate of drug-likeness (QED) is 0.747. The molecule has 1 amide bonds. The van der Waals surface area contributed by atoms with Gasteiger partial charge in [0.25, 0.3) is 11.9 Å². The topological polar surface area (TPSA) is 82.2 Å². The van der Waals surface area contributed by atoms with E-state index in [1.165, 1.54) is 0 Å². The smallest absolute Gasteiger partial charge is 0.290 e.